The second kappa shape index (κ2) is 11.2. The number of benzene rings is 1. The molecule has 0 N–H and O–H groups in total. The number of carboxylic acids is 1. The van der Waals surface area contributed by atoms with Gasteiger partial charge in [-0.1, -0.05) is 31.0 Å². The van der Waals surface area contributed by atoms with E-state index in [-0.39, 0.29) is 57.8 Å². The molecule has 4 heteroatoms. The van der Waals surface area contributed by atoms with Gasteiger partial charge in [0, 0.05) is 5.97 Å². The minimum absolute atomic E-state index is 0. The quantitative estimate of drug-likeness (QED) is 0.434. The fourth-order valence-electron chi connectivity index (χ4n) is 1.43. The van der Waals surface area contributed by atoms with Crippen LogP contribution in [-0.2, 0) is 4.79 Å². The molecule has 0 aliphatic heterocycles. The largest absolute Gasteiger partial charge is 1.00 e. The zero-order valence-corrected chi connectivity index (χ0v) is 13.5. The van der Waals surface area contributed by atoms with Gasteiger partial charge in [0.05, 0.1) is 6.61 Å². The Kier molecular flexibility index (Phi) is 11.3. The molecule has 0 fully saturated rings. The first-order valence-corrected chi connectivity index (χ1v) is 5.67. The van der Waals surface area contributed by atoms with Gasteiger partial charge in [0.25, 0.3) is 0 Å². The van der Waals surface area contributed by atoms with Crippen LogP contribution < -0.4 is 61.2 Å². The van der Waals surface area contributed by atoms with Gasteiger partial charge in [0.2, 0.25) is 0 Å². The van der Waals surface area contributed by atoms with Crippen molar-refractivity contribution in [2.24, 2.45) is 0 Å². The minimum Gasteiger partial charge on any atom is -0.550 e. The number of carbonyl (C=O) groups excluding carboxylic acids is 1. The second-order valence-corrected chi connectivity index (χ2v) is 3.70. The first kappa shape index (κ1) is 17.1. The average Bonchev–Trinajstić information content (AvgIpc) is 2.29. The van der Waals surface area contributed by atoms with E-state index in [1.54, 1.807) is 0 Å². The summed E-state index contributed by atoms with van der Waals surface area (Å²) in [5.41, 5.74) is 0. The number of aliphatic carboxylic acids is 1. The van der Waals surface area contributed by atoms with Crippen molar-refractivity contribution in [3.63, 3.8) is 0 Å². The van der Waals surface area contributed by atoms with Crippen LogP contribution in [0.15, 0.2) is 30.3 Å². The number of carbonyl (C=O) groups is 1. The summed E-state index contributed by atoms with van der Waals surface area (Å²) in [5.74, 6) is -0.0715. The molecule has 0 radical (unpaired) electrons. The molecule has 0 aliphatic carbocycles. The van der Waals surface area contributed by atoms with Crippen molar-refractivity contribution in [2.45, 2.75) is 32.1 Å². The third-order valence-electron chi connectivity index (χ3n) is 2.29. The predicted molar refractivity (Wildman–Crippen MR) is 60.0 cm³/mol. The number of unbranched alkanes of at least 4 members (excludes halogenated alkanes) is 3. The number of carboxylic acid groups (broad SMARTS) is 1. The van der Waals surface area contributed by atoms with E-state index in [0.29, 0.717) is 13.0 Å². The molecule has 0 spiro atoms. The van der Waals surface area contributed by atoms with E-state index < -0.39 is 5.97 Å². The Morgan fingerprint density at radius 3 is 2.35 bits per heavy atom. The summed E-state index contributed by atoms with van der Waals surface area (Å²) in [6.45, 7) is 0.690. The summed E-state index contributed by atoms with van der Waals surface area (Å²) < 4.78 is 5.50. The summed E-state index contributed by atoms with van der Waals surface area (Å²) in [7, 11) is 0. The van der Waals surface area contributed by atoms with Crippen molar-refractivity contribution in [1.29, 1.82) is 0 Å². The number of rotatable bonds is 8. The number of para-hydroxylation sites is 1. The Hall–Kier alpha value is 0.126. The summed E-state index contributed by atoms with van der Waals surface area (Å²) in [6.07, 6.45) is 3.75. The maximum atomic E-state index is 10.1. The van der Waals surface area contributed by atoms with Crippen LogP contribution >= 0.6 is 0 Å². The fourth-order valence-corrected chi connectivity index (χ4v) is 1.43. The van der Waals surface area contributed by atoms with Crippen LogP contribution in [0.2, 0.25) is 0 Å². The van der Waals surface area contributed by atoms with Crippen LogP contribution in [0, 0.1) is 0 Å². The van der Waals surface area contributed by atoms with Gasteiger partial charge >= 0.3 is 51.4 Å². The van der Waals surface area contributed by atoms with E-state index in [2.05, 4.69) is 0 Å². The van der Waals surface area contributed by atoms with Crippen LogP contribution in [0.1, 0.15) is 32.1 Å². The SMILES string of the molecule is O=C([O-])CCCCCCOc1ccccc1.[K+]. The van der Waals surface area contributed by atoms with E-state index in [0.717, 1.165) is 25.0 Å². The Balaban J connectivity index is 0.00000256. The predicted octanol–water partition coefficient (Wildman–Crippen LogP) is -1.23. The number of hydrogen-bond donors (Lipinski definition) is 0. The Bertz CT molecular complexity index is 301. The molecular formula is C13H17KO3. The van der Waals surface area contributed by atoms with Crippen LogP contribution in [0.3, 0.4) is 0 Å². The Morgan fingerprint density at radius 1 is 1.06 bits per heavy atom. The summed E-state index contributed by atoms with van der Waals surface area (Å²) in [5, 5.41) is 10.1. The first-order chi connectivity index (χ1) is 7.79. The van der Waals surface area contributed by atoms with E-state index in [4.69, 9.17) is 4.74 Å². The molecule has 88 valence electrons. The van der Waals surface area contributed by atoms with E-state index in [1.807, 2.05) is 30.3 Å². The number of ether oxygens (including phenoxy) is 1. The molecule has 0 unspecified atom stereocenters. The van der Waals surface area contributed by atoms with Crippen molar-refractivity contribution in [3.05, 3.63) is 30.3 Å². The van der Waals surface area contributed by atoms with Crippen LogP contribution in [-0.4, -0.2) is 12.6 Å². The molecule has 0 amide bonds. The monoisotopic (exact) mass is 260 g/mol. The van der Waals surface area contributed by atoms with Crippen molar-refractivity contribution >= 4 is 5.97 Å². The van der Waals surface area contributed by atoms with Crippen molar-refractivity contribution in [1.82, 2.24) is 0 Å². The average molecular weight is 260 g/mol. The van der Waals surface area contributed by atoms with Gasteiger partial charge in [-0.2, -0.15) is 0 Å². The van der Waals surface area contributed by atoms with Crippen molar-refractivity contribution in [3.8, 4) is 5.75 Å². The maximum absolute atomic E-state index is 10.1. The molecule has 0 heterocycles. The molecule has 0 aromatic heterocycles. The first-order valence-electron chi connectivity index (χ1n) is 5.67. The molecule has 17 heavy (non-hydrogen) atoms. The minimum atomic E-state index is -0.958. The van der Waals surface area contributed by atoms with Gasteiger partial charge in [-0.3, -0.25) is 0 Å². The molecular weight excluding hydrogens is 243 g/mol. The van der Waals surface area contributed by atoms with Gasteiger partial charge < -0.3 is 14.6 Å². The van der Waals surface area contributed by atoms with Gasteiger partial charge in [-0.15, -0.1) is 0 Å². The van der Waals surface area contributed by atoms with Crippen molar-refractivity contribution < 1.29 is 66.0 Å². The molecule has 0 saturated heterocycles. The fraction of sp³-hybridized carbons (Fsp3) is 0.462. The summed E-state index contributed by atoms with van der Waals surface area (Å²) in [4.78, 5) is 10.1. The standard InChI is InChI=1S/C13H18O3.K/c14-13(15)10-6-1-2-7-11-16-12-8-4-3-5-9-12;/h3-5,8-9H,1-2,6-7,10-11H2,(H,14,15);/q;+1/p-1. The third kappa shape index (κ3) is 9.79. The summed E-state index contributed by atoms with van der Waals surface area (Å²) >= 11 is 0. The van der Waals surface area contributed by atoms with E-state index >= 15 is 0 Å². The van der Waals surface area contributed by atoms with Crippen molar-refractivity contribution in [2.75, 3.05) is 6.61 Å². The van der Waals surface area contributed by atoms with Gasteiger partial charge in [0.1, 0.15) is 5.75 Å². The van der Waals surface area contributed by atoms with E-state index in [1.165, 1.54) is 0 Å². The smallest absolute Gasteiger partial charge is 0.550 e. The normalized spacial score (nSPS) is 9.41. The summed E-state index contributed by atoms with van der Waals surface area (Å²) in [6, 6.07) is 9.68. The molecule has 0 bridgehead atoms. The molecule has 0 saturated carbocycles. The molecule has 1 rings (SSSR count). The van der Waals surface area contributed by atoms with Gasteiger partial charge in [0.15, 0.2) is 0 Å². The Morgan fingerprint density at radius 2 is 1.71 bits per heavy atom. The molecule has 0 atom stereocenters. The topological polar surface area (TPSA) is 49.4 Å². The van der Waals surface area contributed by atoms with Crippen LogP contribution in [0.5, 0.6) is 5.75 Å². The van der Waals surface area contributed by atoms with Gasteiger partial charge in [-0.05, 0) is 31.4 Å². The zero-order valence-electron chi connectivity index (χ0n) is 10.4. The second-order valence-electron chi connectivity index (χ2n) is 3.70. The maximum Gasteiger partial charge on any atom is 1.00 e. The molecule has 1 aromatic rings. The van der Waals surface area contributed by atoms with E-state index in [9.17, 15) is 9.90 Å². The molecule has 1 aromatic carbocycles. The van der Waals surface area contributed by atoms with Crippen LogP contribution in [0.25, 0.3) is 0 Å². The zero-order chi connectivity index (χ0) is 11.6. The number of hydrogen-bond acceptors (Lipinski definition) is 3. The van der Waals surface area contributed by atoms with Crippen LogP contribution in [0.4, 0.5) is 0 Å². The molecule has 0 aliphatic rings. The Labute approximate surface area is 145 Å². The van der Waals surface area contributed by atoms with Gasteiger partial charge in [-0.25, -0.2) is 0 Å². The molecule has 3 nitrogen and oxygen atoms in total. The third-order valence-corrected chi connectivity index (χ3v) is 2.29.